The van der Waals surface area contributed by atoms with Gasteiger partial charge in [-0.1, -0.05) is 13.0 Å². The van der Waals surface area contributed by atoms with E-state index in [1.54, 1.807) is 12.1 Å². The van der Waals surface area contributed by atoms with Gasteiger partial charge in [-0.3, -0.25) is 0 Å². The molecule has 5 nitrogen and oxygen atoms in total. The molecule has 19 heavy (non-hydrogen) atoms. The summed E-state index contributed by atoms with van der Waals surface area (Å²) in [6.07, 6.45) is 1.73. The Hall–Kier alpha value is -1.11. The number of nitrogens with two attached hydrogens (primary N) is 1. The molecule has 0 unspecified atom stereocenters. The Kier molecular flexibility index (Phi) is 3.85. The second-order valence-corrected chi connectivity index (χ2v) is 6.61. The molecular formula is C13H19NO4S. The van der Waals surface area contributed by atoms with Crippen LogP contribution in [0.1, 0.15) is 25.3 Å². The molecule has 1 aliphatic rings. The molecule has 6 heteroatoms. The Morgan fingerprint density at radius 3 is 2.47 bits per heavy atom. The van der Waals surface area contributed by atoms with E-state index in [9.17, 15) is 8.42 Å². The number of rotatable bonds is 3. The third-order valence-electron chi connectivity index (χ3n) is 3.76. The maximum absolute atomic E-state index is 11.6. The number of methoxy groups -OCH3 is 1. The molecule has 106 valence electrons. The standard InChI is InChI=1S/C13H19NO4S/c1-13(5-7-18-8-6-13)10-3-4-11(17-2)12(9-10)19(14,15)16/h3-4,9H,5-8H2,1-2H3,(H2,14,15,16). The van der Waals surface area contributed by atoms with Crippen LogP contribution in [-0.2, 0) is 20.2 Å². The number of hydrogen-bond acceptors (Lipinski definition) is 4. The summed E-state index contributed by atoms with van der Waals surface area (Å²) in [5.41, 5.74) is 0.880. The zero-order chi connectivity index (χ0) is 14.1. The van der Waals surface area contributed by atoms with E-state index in [1.807, 2.05) is 6.07 Å². The summed E-state index contributed by atoms with van der Waals surface area (Å²) in [7, 11) is -2.36. The highest BCUT2D eigenvalue weighted by Gasteiger charge is 2.31. The van der Waals surface area contributed by atoms with Crippen molar-refractivity contribution in [2.45, 2.75) is 30.1 Å². The van der Waals surface area contributed by atoms with Gasteiger partial charge in [0.1, 0.15) is 10.6 Å². The van der Waals surface area contributed by atoms with E-state index in [0.29, 0.717) is 13.2 Å². The summed E-state index contributed by atoms with van der Waals surface area (Å²) in [6.45, 7) is 3.49. The third kappa shape index (κ3) is 2.91. The van der Waals surface area contributed by atoms with Crippen LogP contribution in [0.2, 0.25) is 0 Å². The lowest BCUT2D eigenvalue weighted by Gasteiger charge is -2.34. The Balaban J connectivity index is 2.49. The molecule has 0 amide bonds. The van der Waals surface area contributed by atoms with Gasteiger partial charge in [0.05, 0.1) is 7.11 Å². The molecule has 1 heterocycles. The zero-order valence-corrected chi connectivity index (χ0v) is 12.0. The lowest BCUT2D eigenvalue weighted by Crippen LogP contribution is -2.31. The van der Waals surface area contributed by atoms with Gasteiger partial charge in [-0.25, -0.2) is 13.6 Å². The van der Waals surface area contributed by atoms with Gasteiger partial charge >= 0.3 is 0 Å². The van der Waals surface area contributed by atoms with Gasteiger partial charge in [0.25, 0.3) is 0 Å². The molecule has 0 radical (unpaired) electrons. The first-order valence-electron chi connectivity index (χ1n) is 6.16. The second kappa shape index (κ2) is 5.11. The molecule has 1 fully saturated rings. The predicted octanol–water partition coefficient (Wildman–Crippen LogP) is 1.41. The molecule has 0 saturated carbocycles. The van der Waals surface area contributed by atoms with Crippen LogP contribution >= 0.6 is 0 Å². The Labute approximate surface area is 113 Å². The van der Waals surface area contributed by atoms with Crippen molar-refractivity contribution in [3.8, 4) is 5.75 Å². The van der Waals surface area contributed by atoms with Gasteiger partial charge in [-0.05, 0) is 36.0 Å². The molecular weight excluding hydrogens is 266 g/mol. The molecule has 2 N–H and O–H groups in total. The first kappa shape index (κ1) is 14.3. The predicted molar refractivity (Wildman–Crippen MR) is 71.8 cm³/mol. The average molecular weight is 285 g/mol. The van der Waals surface area contributed by atoms with Crippen LogP contribution in [0.5, 0.6) is 5.75 Å². The highest BCUT2D eigenvalue weighted by atomic mass is 32.2. The van der Waals surface area contributed by atoms with Crippen LogP contribution in [0.15, 0.2) is 23.1 Å². The third-order valence-corrected chi connectivity index (χ3v) is 4.70. The molecule has 0 atom stereocenters. The molecule has 1 aliphatic heterocycles. The topological polar surface area (TPSA) is 78.6 Å². The van der Waals surface area contributed by atoms with Gasteiger partial charge in [-0.2, -0.15) is 0 Å². The van der Waals surface area contributed by atoms with Crippen molar-refractivity contribution >= 4 is 10.0 Å². The second-order valence-electron chi connectivity index (χ2n) is 5.08. The normalized spacial score (nSPS) is 19.1. The van der Waals surface area contributed by atoms with Crippen molar-refractivity contribution < 1.29 is 17.9 Å². The van der Waals surface area contributed by atoms with E-state index in [0.717, 1.165) is 18.4 Å². The quantitative estimate of drug-likeness (QED) is 0.910. The highest BCUT2D eigenvalue weighted by Crippen LogP contribution is 2.37. The fourth-order valence-electron chi connectivity index (χ4n) is 2.39. The molecule has 0 aliphatic carbocycles. The van der Waals surface area contributed by atoms with Crippen molar-refractivity contribution in [1.29, 1.82) is 0 Å². The number of ether oxygens (including phenoxy) is 2. The number of sulfonamides is 1. The maximum atomic E-state index is 11.6. The van der Waals surface area contributed by atoms with Gasteiger partial charge < -0.3 is 9.47 Å². The van der Waals surface area contributed by atoms with Gasteiger partial charge in [0, 0.05) is 13.2 Å². The van der Waals surface area contributed by atoms with Gasteiger partial charge in [0.15, 0.2) is 0 Å². The zero-order valence-electron chi connectivity index (χ0n) is 11.2. The van der Waals surface area contributed by atoms with Crippen molar-refractivity contribution in [2.75, 3.05) is 20.3 Å². The smallest absolute Gasteiger partial charge is 0.241 e. The minimum Gasteiger partial charge on any atom is -0.495 e. The summed E-state index contributed by atoms with van der Waals surface area (Å²) in [5.74, 6) is 0.280. The summed E-state index contributed by atoms with van der Waals surface area (Å²) >= 11 is 0. The van der Waals surface area contributed by atoms with Crippen molar-refractivity contribution in [1.82, 2.24) is 0 Å². The van der Waals surface area contributed by atoms with Gasteiger partial charge in [-0.15, -0.1) is 0 Å². The van der Waals surface area contributed by atoms with Crippen molar-refractivity contribution in [3.63, 3.8) is 0 Å². The van der Waals surface area contributed by atoms with E-state index in [1.165, 1.54) is 7.11 Å². The van der Waals surface area contributed by atoms with E-state index < -0.39 is 10.0 Å². The number of primary sulfonamides is 1. The molecule has 1 saturated heterocycles. The minimum absolute atomic E-state index is 0.0419. The van der Waals surface area contributed by atoms with Crippen LogP contribution in [-0.4, -0.2) is 28.7 Å². The Morgan fingerprint density at radius 1 is 1.32 bits per heavy atom. The van der Waals surface area contributed by atoms with Crippen molar-refractivity contribution in [3.05, 3.63) is 23.8 Å². The average Bonchev–Trinajstić information content (AvgIpc) is 2.38. The summed E-state index contributed by atoms with van der Waals surface area (Å²) in [4.78, 5) is 0.0419. The Bertz CT molecular complexity index is 562. The maximum Gasteiger partial charge on any atom is 0.241 e. The Morgan fingerprint density at radius 2 is 1.95 bits per heavy atom. The summed E-state index contributed by atoms with van der Waals surface area (Å²) in [6, 6.07) is 5.19. The van der Waals surface area contributed by atoms with Crippen molar-refractivity contribution in [2.24, 2.45) is 5.14 Å². The van der Waals surface area contributed by atoms with Crippen LogP contribution in [0, 0.1) is 0 Å². The molecule has 1 aromatic rings. The number of hydrogen-bond donors (Lipinski definition) is 1. The van der Waals surface area contributed by atoms with E-state index in [2.05, 4.69) is 6.92 Å². The molecule has 1 aromatic carbocycles. The fourth-order valence-corrected chi connectivity index (χ4v) is 3.11. The van der Waals surface area contributed by atoms with Crippen LogP contribution < -0.4 is 9.88 Å². The SMILES string of the molecule is COc1ccc(C2(C)CCOCC2)cc1S(N)(=O)=O. The van der Waals surface area contributed by atoms with Crippen LogP contribution in [0.4, 0.5) is 0 Å². The molecule has 0 bridgehead atoms. The lowest BCUT2D eigenvalue weighted by molar-refractivity contribution is 0.0563. The van der Waals surface area contributed by atoms with Crippen LogP contribution in [0.3, 0.4) is 0 Å². The molecule has 2 rings (SSSR count). The summed E-state index contributed by atoms with van der Waals surface area (Å²) < 4.78 is 33.7. The van der Waals surface area contributed by atoms with Crippen LogP contribution in [0.25, 0.3) is 0 Å². The monoisotopic (exact) mass is 285 g/mol. The lowest BCUT2D eigenvalue weighted by atomic mass is 9.76. The van der Waals surface area contributed by atoms with E-state index in [-0.39, 0.29) is 16.1 Å². The first-order valence-corrected chi connectivity index (χ1v) is 7.70. The number of benzene rings is 1. The minimum atomic E-state index is -3.79. The summed E-state index contributed by atoms with van der Waals surface area (Å²) in [5, 5.41) is 5.24. The largest absolute Gasteiger partial charge is 0.495 e. The van der Waals surface area contributed by atoms with Gasteiger partial charge in [0.2, 0.25) is 10.0 Å². The van der Waals surface area contributed by atoms with E-state index in [4.69, 9.17) is 14.6 Å². The molecule has 0 aromatic heterocycles. The van der Waals surface area contributed by atoms with E-state index >= 15 is 0 Å². The highest BCUT2D eigenvalue weighted by molar-refractivity contribution is 7.89. The fraction of sp³-hybridized carbons (Fsp3) is 0.538. The first-order chi connectivity index (χ1) is 8.87. The molecule has 0 spiro atoms.